The van der Waals surface area contributed by atoms with E-state index in [1.807, 2.05) is 67.6 Å². The molecule has 2 aromatic carbocycles. The van der Waals surface area contributed by atoms with Crippen molar-refractivity contribution in [2.45, 2.75) is 27.2 Å². The van der Waals surface area contributed by atoms with Crippen LogP contribution < -0.4 is 4.90 Å². The van der Waals surface area contributed by atoms with E-state index >= 15 is 0 Å². The van der Waals surface area contributed by atoms with Crippen molar-refractivity contribution in [3.8, 4) is 11.4 Å². The number of amides is 1. The van der Waals surface area contributed by atoms with Gasteiger partial charge in [0.15, 0.2) is 5.82 Å². The van der Waals surface area contributed by atoms with Crippen LogP contribution in [0.25, 0.3) is 11.4 Å². The zero-order chi connectivity index (χ0) is 18.7. The lowest BCUT2D eigenvalue weighted by atomic mass is 10.1. The number of hydrogen-bond acceptors (Lipinski definition) is 3. The molecule has 3 rings (SSSR count). The van der Waals surface area contributed by atoms with Crippen LogP contribution in [0.1, 0.15) is 23.9 Å². The fourth-order valence-electron chi connectivity index (χ4n) is 3.08. The minimum atomic E-state index is 0.0244. The maximum atomic E-state index is 13.0. The molecule has 0 unspecified atom stereocenters. The Labute approximate surface area is 154 Å². The third-order valence-corrected chi connectivity index (χ3v) is 4.58. The van der Waals surface area contributed by atoms with Crippen molar-refractivity contribution >= 4 is 11.6 Å². The number of aromatic nitrogens is 3. The van der Waals surface area contributed by atoms with Gasteiger partial charge < -0.3 is 9.47 Å². The maximum absolute atomic E-state index is 13.0. The SMILES string of the molecule is CCN(C(=O)Cc1nnc(-c2ccccc2)n1C)c1cc(C)ccc1C. The molecular weight excluding hydrogens is 324 g/mol. The third-order valence-electron chi connectivity index (χ3n) is 4.58. The summed E-state index contributed by atoms with van der Waals surface area (Å²) in [5.41, 5.74) is 4.18. The number of carbonyl (C=O) groups excluding carboxylic acids is 1. The third kappa shape index (κ3) is 3.52. The summed E-state index contributed by atoms with van der Waals surface area (Å²) in [5.74, 6) is 1.46. The second-order valence-corrected chi connectivity index (χ2v) is 6.47. The van der Waals surface area contributed by atoms with Crippen LogP contribution >= 0.6 is 0 Å². The molecule has 0 fully saturated rings. The first-order chi connectivity index (χ1) is 12.5. The summed E-state index contributed by atoms with van der Waals surface area (Å²) in [5, 5.41) is 8.52. The van der Waals surface area contributed by atoms with Gasteiger partial charge in [-0.15, -0.1) is 10.2 Å². The molecule has 1 heterocycles. The van der Waals surface area contributed by atoms with Crippen LogP contribution in [-0.2, 0) is 18.3 Å². The van der Waals surface area contributed by atoms with Crippen molar-refractivity contribution in [2.75, 3.05) is 11.4 Å². The molecule has 0 aliphatic carbocycles. The first-order valence-corrected chi connectivity index (χ1v) is 8.82. The van der Waals surface area contributed by atoms with Gasteiger partial charge in [-0.2, -0.15) is 0 Å². The highest BCUT2D eigenvalue weighted by Gasteiger charge is 2.20. The lowest BCUT2D eigenvalue weighted by Gasteiger charge is -2.23. The van der Waals surface area contributed by atoms with Gasteiger partial charge in [0.2, 0.25) is 5.91 Å². The topological polar surface area (TPSA) is 51.0 Å². The number of likely N-dealkylation sites (N-methyl/N-ethyl adjacent to an activating group) is 1. The molecule has 3 aromatic rings. The van der Waals surface area contributed by atoms with Crippen LogP contribution in [0.2, 0.25) is 0 Å². The minimum Gasteiger partial charge on any atom is -0.314 e. The van der Waals surface area contributed by atoms with E-state index in [0.717, 1.165) is 28.2 Å². The van der Waals surface area contributed by atoms with E-state index in [-0.39, 0.29) is 12.3 Å². The monoisotopic (exact) mass is 348 g/mol. The molecule has 5 nitrogen and oxygen atoms in total. The van der Waals surface area contributed by atoms with Gasteiger partial charge in [0.1, 0.15) is 5.82 Å². The number of benzene rings is 2. The quantitative estimate of drug-likeness (QED) is 0.706. The molecule has 0 aliphatic rings. The van der Waals surface area contributed by atoms with E-state index in [9.17, 15) is 4.79 Å². The molecule has 1 amide bonds. The van der Waals surface area contributed by atoms with E-state index < -0.39 is 0 Å². The second-order valence-electron chi connectivity index (χ2n) is 6.47. The Morgan fingerprint density at radius 1 is 1.08 bits per heavy atom. The molecule has 0 radical (unpaired) electrons. The summed E-state index contributed by atoms with van der Waals surface area (Å²) in [6, 6.07) is 16.1. The average Bonchev–Trinajstić information content (AvgIpc) is 3.00. The van der Waals surface area contributed by atoms with Crippen molar-refractivity contribution in [1.82, 2.24) is 14.8 Å². The van der Waals surface area contributed by atoms with Crippen molar-refractivity contribution in [3.63, 3.8) is 0 Å². The fourth-order valence-corrected chi connectivity index (χ4v) is 3.08. The van der Waals surface area contributed by atoms with Crippen LogP contribution in [0.4, 0.5) is 5.69 Å². The lowest BCUT2D eigenvalue weighted by Crippen LogP contribution is -2.33. The molecule has 0 bridgehead atoms. The number of rotatable bonds is 5. The van der Waals surface area contributed by atoms with E-state index in [1.165, 1.54) is 0 Å². The zero-order valence-corrected chi connectivity index (χ0v) is 15.7. The molecule has 0 N–H and O–H groups in total. The second kappa shape index (κ2) is 7.52. The van der Waals surface area contributed by atoms with E-state index in [2.05, 4.69) is 28.4 Å². The van der Waals surface area contributed by atoms with Crippen LogP contribution in [0, 0.1) is 13.8 Å². The maximum Gasteiger partial charge on any atom is 0.234 e. The summed E-state index contributed by atoms with van der Waals surface area (Å²) in [6.07, 6.45) is 0.220. The summed E-state index contributed by atoms with van der Waals surface area (Å²) >= 11 is 0. The summed E-state index contributed by atoms with van der Waals surface area (Å²) in [6.45, 7) is 6.68. The Bertz CT molecular complexity index is 915. The average molecular weight is 348 g/mol. The highest BCUT2D eigenvalue weighted by molar-refractivity contribution is 5.95. The number of anilines is 1. The molecule has 0 atom stereocenters. The van der Waals surface area contributed by atoms with Gasteiger partial charge in [-0.3, -0.25) is 4.79 Å². The first kappa shape index (κ1) is 17.9. The van der Waals surface area contributed by atoms with Crippen LogP contribution in [0.5, 0.6) is 0 Å². The first-order valence-electron chi connectivity index (χ1n) is 8.82. The summed E-state index contributed by atoms with van der Waals surface area (Å²) in [7, 11) is 1.90. The van der Waals surface area contributed by atoms with Crippen molar-refractivity contribution in [2.24, 2.45) is 7.05 Å². The predicted molar refractivity (Wildman–Crippen MR) is 104 cm³/mol. The fraction of sp³-hybridized carbons (Fsp3) is 0.286. The van der Waals surface area contributed by atoms with Gasteiger partial charge in [-0.25, -0.2) is 0 Å². The Morgan fingerprint density at radius 3 is 2.50 bits per heavy atom. The van der Waals surface area contributed by atoms with E-state index in [1.54, 1.807) is 0 Å². The number of carbonyl (C=O) groups is 1. The molecule has 0 spiro atoms. The van der Waals surface area contributed by atoms with Crippen LogP contribution in [-0.4, -0.2) is 27.2 Å². The molecular formula is C21H24N4O. The van der Waals surface area contributed by atoms with E-state index in [0.29, 0.717) is 12.4 Å². The number of hydrogen-bond donors (Lipinski definition) is 0. The Balaban J connectivity index is 1.85. The van der Waals surface area contributed by atoms with Crippen molar-refractivity contribution < 1.29 is 4.79 Å². The highest BCUT2D eigenvalue weighted by atomic mass is 16.2. The number of nitrogens with zero attached hydrogens (tertiary/aromatic N) is 4. The van der Waals surface area contributed by atoms with Gasteiger partial charge in [0, 0.05) is 24.8 Å². The van der Waals surface area contributed by atoms with Crippen LogP contribution in [0.3, 0.4) is 0 Å². The Kier molecular flexibility index (Phi) is 5.16. The molecule has 5 heteroatoms. The zero-order valence-electron chi connectivity index (χ0n) is 15.7. The van der Waals surface area contributed by atoms with Gasteiger partial charge >= 0.3 is 0 Å². The molecule has 0 aliphatic heterocycles. The largest absolute Gasteiger partial charge is 0.314 e. The smallest absolute Gasteiger partial charge is 0.234 e. The molecule has 26 heavy (non-hydrogen) atoms. The van der Waals surface area contributed by atoms with Crippen LogP contribution in [0.15, 0.2) is 48.5 Å². The van der Waals surface area contributed by atoms with Gasteiger partial charge in [0.25, 0.3) is 0 Å². The van der Waals surface area contributed by atoms with E-state index in [4.69, 9.17) is 0 Å². The normalized spacial score (nSPS) is 10.8. The predicted octanol–water partition coefficient (Wildman–Crippen LogP) is 3.69. The van der Waals surface area contributed by atoms with Gasteiger partial charge in [-0.05, 0) is 38.0 Å². The van der Waals surface area contributed by atoms with Crippen molar-refractivity contribution in [1.29, 1.82) is 0 Å². The Morgan fingerprint density at radius 2 is 1.81 bits per heavy atom. The summed E-state index contributed by atoms with van der Waals surface area (Å²) < 4.78 is 1.89. The van der Waals surface area contributed by atoms with Gasteiger partial charge in [-0.1, -0.05) is 42.5 Å². The van der Waals surface area contributed by atoms with Gasteiger partial charge in [0.05, 0.1) is 6.42 Å². The Hall–Kier alpha value is -2.95. The summed E-state index contributed by atoms with van der Waals surface area (Å²) in [4.78, 5) is 14.8. The molecule has 0 saturated heterocycles. The molecule has 1 aromatic heterocycles. The van der Waals surface area contributed by atoms with Crippen molar-refractivity contribution in [3.05, 3.63) is 65.5 Å². The number of aryl methyl sites for hydroxylation is 2. The molecule has 0 saturated carbocycles. The minimum absolute atomic E-state index is 0.0244. The standard InChI is InChI=1S/C21H24N4O/c1-5-25(18-13-15(2)11-12-16(18)3)20(26)14-19-22-23-21(24(19)4)17-9-7-6-8-10-17/h6-13H,5,14H2,1-4H3. The lowest BCUT2D eigenvalue weighted by molar-refractivity contribution is -0.118. The highest BCUT2D eigenvalue weighted by Crippen LogP contribution is 2.23. The molecule has 134 valence electrons.